The highest BCUT2D eigenvalue weighted by molar-refractivity contribution is 5.68. The van der Waals surface area contributed by atoms with Crippen LogP contribution in [0.4, 0.5) is 4.79 Å². The molecule has 1 unspecified atom stereocenters. The van der Waals surface area contributed by atoms with Gasteiger partial charge in [-0.2, -0.15) is 0 Å². The topological polar surface area (TPSA) is 29.5 Å². The van der Waals surface area contributed by atoms with Gasteiger partial charge in [0.15, 0.2) is 0 Å². The zero-order valence-electron chi connectivity index (χ0n) is 8.54. The number of carbonyl (C=O) groups excluding carboxylic acids is 1. The molecule has 3 heteroatoms. The van der Waals surface area contributed by atoms with Gasteiger partial charge >= 0.3 is 6.09 Å². The third-order valence-electron chi connectivity index (χ3n) is 1.88. The maximum Gasteiger partial charge on any atom is 0.410 e. The highest BCUT2D eigenvalue weighted by Gasteiger charge is 2.27. The Labute approximate surface area is 80.1 Å². The zero-order chi connectivity index (χ0) is 10.1. The summed E-state index contributed by atoms with van der Waals surface area (Å²) < 4.78 is 5.20. The lowest BCUT2D eigenvalue weighted by atomic mass is 10.2. The Kier molecular flexibility index (Phi) is 2.84. The molecule has 1 atom stereocenters. The van der Waals surface area contributed by atoms with Crippen LogP contribution in [0.15, 0.2) is 0 Å². The second-order valence-electron chi connectivity index (χ2n) is 4.48. The van der Waals surface area contributed by atoms with Crippen LogP contribution in [0, 0.1) is 12.8 Å². The number of nitrogens with zero attached hydrogens (tertiary/aromatic N) is 1. The number of hydrogen-bond acceptors (Lipinski definition) is 2. The average Bonchev–Trinajstić information content (AvgIpc) is 2.31. The summed E-state index contributed by atoms with van der Waals surface area (Å²) >= 11 is 0. The molecule has 1 heterocycles. The van der Waals surface area contributed by atoms with Crippen molar-refractivity contribution in [1.29, 1.82) is 0 Å². The van der Waals surface area contributed by atoms with E-state index < -0.39 is 5.60 Å². The van der Waals surface area contributed by atoms with Gasteiger partial charge in [-0.1, -0.05) is 0 Å². The van der Waals surface area contributed by atoms with Gasteiger partial charge in [0.05, 0.1) is 0 Å². The van der Waals surface area contributed by atoms with E-state index in [9.17, 15) is 4.79 Å². The minimum atomic E-state index is -0.413. The molecular weight excluding hydrogens is 166 g/mol. The third-order valence-corrected chi connectivity index (χ3v) is 1.88. The second kappa shape index (κ2) is 3.56. The van der Waals surface area contributed by atoms with Gasteiger partial charge in [-0.05, 0) is 40.0 Å². The molecule has 0 bridgehead atoms. The van der Waals surface area contributed by atoms with Crippen molar-refractivity contribution in [3.63, 3.8) is 0 Å². The first-order valence-electron chi connectivity index (χ1n) is 4.62. The fourth-order valence-corrected chi connectivity index (χ4v) is 1.28. The zero-order valence-corrected chi connectivity index (χ0v) is 8.54. The number of likely N-dealkylation sites (tertiary alicyclic amines) is 1. The molecule has 0 aliphatic carbocycles. The highest BCUT2D eigenvalue weighted by Crippen LogP contribution is 2.18. The van der Waals surface area contributed by atoms with Crippen LogP contribution in [0.2, 0.25) is 0 Å². The second-order valence-corrected chi connectivity index (χ2v) is 4.48. The van der Waals surface area contributed by atoms with E-state index in [4.69, 9.17) is 11.7 Å². The number of amides is 1. The normalized spacial score (nSPS) is 23.4. The predicted octanol–water partition coefficient (Wildman–Crippen LogP) is 1.95. The third kappa shape index (κ3) is 3.25. The van der Waals surface area contributed by atoms with Gasteiger partial charge in [-0.15, -0.1) is 0 Å². The molecule has 74 valence electrons. The van der Waals surface area contributed by atoms with Crippen molar-refractivity contribution in [2.75, 3.05) is 13.1 Å². The van der Waals surface area contributed by atoms with Gasteiger partial charge < -0.3 is 9.64 Å². The standard InChI is InChI=1S/C10H17NO2/c1-8-5-6-11(7-8)9(12)13-10(2,3)4/h1,8H,5-7H2,2-4H3. The summed E-state index contributed by atoms with van der Waals surface area (Å²) in [5.74, 6) is 0.118. The largest absolute Gasteiger partial charge is 0.444 e. The van der Waals surface area contributed by atoms with Crippen molar-refractivity contribution < 1.29 is 9.53 Å². The van der Waals surface area contributed by atoms with Crippen LogP contribution in [0.3, 0.4) is 0 Å². The molecule has 1 aliphatic heterocycles. The first-order valence-corrected chi connectivity index (χ1v) is 4.62. The SMILES string of the molecule is [CH]C1CCN(C(=O)OC(C)(C)C)C1. The molecule has 0 aromatic carbocycles. The van der Waals surface area contributed by atoms with Crippen molar-refractivity contribution in [3.05, 3.63) is 6.92 Å². The van der Waals surface area contributed by atoms with Crippen molar-refractivity contribution in [2.24, 2.45) is 5.92 Å². The molecule has 13 heavy (non-hydrogen) atoms. The molecule has 1 aliphatic rings. The van der Waals surface area contributed by atoms with Crippen LogP contribution in [0.5, 0.6) is 0 Å². The quantitative estimate of drug-likeness (QED) is 0.574. The maximum absolute atomic E-state index is 11.5. The van der Waals surface area contributed by atoms with Crippen LogP contribution in [0.25, 0.3) is 0 Å². The molecule has 2 radical (unpaired) electrons. The van der Waals surface area contributed by atoms with Crippen molar-refractivity contribution in [2.45, 2.75) is 32.8 Å². The van der Waals surface area contributed by atoms with Gasteiger partial charge in [-0.25, -0.2) is 4.79 Å². The molecule has 0 aromatic rings. The number of rotatable bonds is 0. The van der Waals surface area contributed by atoms with Gasteiger partial charge in [0.2, 0.25) is 0 Å². The van der Waals surface area contributed by atoms with Crippen molar-refractivity contribution in [1.82, 2.24) is 4.90 Å². The molecule has 0 saturated carbocycles. The summed E-state index contributed by atoms with van der Waals surface area (Å²) in [7, 11) is 0. The van der Waals surface area contributed by atoms with Crippen LogP contribution >= 0.6 is 0 Å². The first-order chi connectivity index (χ1) is 5.88. The van der Waals surface area contributed by atoms with Crippen LogP contribution in [-0.2, 0) is 4.74 Å². The van der Waals surface area contributed by atoms with Gasteiger partial charge in [-0.3, -0.25) is 0 Å². The number of hydrogen-bond donors (Lipinski definition) is 0. The molecule has 1 fully saturated rings. The Balaban J connectivity index is 2.41. The minimum absolute atomic E-state index is 0.118. The summed E-state index contributed by atoms with van der Waals surface area (Å²) in [6, 6.07) is 0. The Morgan fingerprint density at radius 1 is 1.54 bits per heavy atom. The molecule has 1 rings (SSSR count). The smallest absolute Gasteiger partial charge is 0.410 e. The van der Waals surface area contributed by atoms with E-state index in [0.717, 1.165) is 13.0 Å². The number of carbonyl (C=O) groups is 1. The lowest BCUT2D eigenvalue weighted by molar-refractivity contribution is 0.0291. The van der Waals surface area contributed by atoms with E-state index in [0.29, 0.717) is 6.54 Å². The maximum atomic E-state index is 11.5. The Bertz CT molecular complexity index is 196. The van der Waals surface area contributed by atoms with E-state index in [-0.39, 0.29) is 12.0 Å². The summed E-state index contributed by atoms with van der Waals surface area (Å²) in [4.78, 5) is 13.1. The molecule has 1 saturated heterocycles. The van der Waals surface area contributed by atoms with Crippen LogP contribution in [-0.4, -0.2) is 29.7 Å². The summed E-state index contributed by atoms with van der Waals surface area (Å²) in [5, 5.41) is 0. The Morgan fingerprint density at radius 2 is 2.15 bits per heavy atom. The van der Waals surface area contributed by atoms with Gasteiger partial charge in [0.1, 0.15) is 5.60 Å². The lowest BCUT2D eigenvalue weighted by Crippen LogP contribution is -2.35. The molecule has 0 aromatic heterocycles. The van der Waals surface area contributed by atoms with Crippen molar-refractivity contribution >= 4 is 6.09 Å². The molecule has 0 N–H and O–H groups in total. The lowest BCUT2D eigenvalue weighted by Gasteiger charge is -2.24. The molecule has 3 nitrogen and oxygen atoms in total. The Hall–Kier alpha value is -0.730. The summed E-state index contributed by atoms with van der Waals surface area (Å²) in [6.45, 7) is 12.6. The van der Waals surface area contributed by atoms with E-state index in [1.807, 2.05) is 20.8 Å². The molecular formula is C10H17NO2. The van der Waals surface area contributed by atoms with Gasteiger partial charge in [0.25, 0.3) is 0 Å². The van der Waals surface area contributed by atoms with E-state index in [1.165, 1.54) is 0 Å². The average molecular weight is 183 g/mol. The van der Waals surface area contributed by atoms with Crippen LogP contribution < -0.4 is 0 Å². The van der Waals surface area contributed by atoms with Gasteiger partial charge in [0, 0.05) is 13.1 Å². The van der Waals surface area contributed by atoms with E-state index >= 15 is 0 Å². The first kappa shape index (κ1) is 10.4. The number of ether oxygens (including phenoxy) is 1. The molecule has 1 amide bonds. The molecule has 0 spiro atoms. The predicted molar refractivity (Wildman–Crippen MR) is 50.2 cm³/mol. The highest BCUT2D eigenvalue weighted by atomic mass is 16.6. The fraction of sp³-hybridized carbons (Fsp3) is 0.800. The summed E-state index contributed by atoms with van der Waals surface area (Å²) in [6.07, 6.45) is 0.625. The van der Waals surface area contributed by atoms with Crippen molar-refractivity contribution in [3.8, 4) is 0 Å². The minimum Gasteiger partial charge on any atom is -0.444 e. The monoisotopic (exact) mass is 183 g/mol. The summed E-state index contributed by atoms with van der Waals surface area (Å²) in [5.41, 5.74) is -0.413. The van der Waals surface area contributed by atoms with E-state index in [2.05, 4.69) is 0 Å². The Morgan fingerprint density at radius 3 is 2.54 bits per heavy atom. The van der Waals surface area contributed by atoms with Crippen LogP contribution in [0.1, 0.15) is 27.2 Å². The van der Waals surface area contributed by atoms with E-state index in [1.54, 1.807) is 4.90 Å². The fourth-order valence-electron chi connectivity index (χ4n) is 1.28.